The van der Waals surface area contributed by atoms with Crippen molar-refractivity contribution in [2.45, 2.75) is 0 Å². The molecule has 2 aromatic heterocycles. The topological polar surface area (TPSA) is 73.8 Å². The molecular formula is C19H14N2O4S. The number of aryl methyl sites for hydroxylation is 1. The van der Waals surface area contributed by atoms with E-state index in [0.717, 1.165) is 10.2 Å². The van der Waals surface area contributed by atoms with Crippen LogP contribution in [0.25, 0.3) is 21.2 Å². The zero-order chi connectivity index (χ0) is 18.3. The third-order valence-electron chi connectivity index (χ3n) is 4.11. The van der Waals surface area contributed by atoms with Gasteiger partial charge in [-0.1, -0.05) is 29.5 Å². The molecule has 0 aliphatic rings. The summed E-state index contributed by atoms with van der Waals surface area (Å²) >= 11 is 1.35. The molecule has 0 bridgehead atoms. The molecule has 0 radical (unpaired) electrons. The molecule has 130 valence electrons. The third kappa shape index (κ3) is 2.53. The normalized spacial score (nSPS) is 12.0. The number of carbonyl (C=O) groups is 1. The molecule has 0 unspecified atom stereocenters. The summed E-state index contributed by atoms with van der Waals surface area (Å²) in [6.07, 6.45) is 1.17. The van der Waals surface area contributed by atoms with Gasteiger partial charge in [-0.25, -0.2) is 0 Å². The number of benzene rings is 2. The molecule has 0 atom stereocenters. The van der Waals surface area contributed by atoms with E-state index in [0.29, 0.717) is 21.5 Å². The molecule has 0 aliphatic carbocycles. The van der Waals surface area contributed by atoms with Gasteiger partial charge in [0.25, 0.3) is 5.91 Å². The van der Waals surface area contributed by atoms with Crippen molar-refractivity contribution in [1.29, 1.82) is 0 Å². The predicted octanol–water partition coefficient (Wildman–Crippen LogP) is 3.10. The highest BCUT2D eigenvalue weighted by Crippen LogP contribution is 2.26. The summed E-state index contributed by atoms with van der Waals surface area (Å²) in [5, 5.41) is 0.357. The second kappa shape index (κ2) is 6.27. The summed E-state index contributed by atoms with van der Waals surface area (Å²) in [5.41, 5.74) is 0.804. The molecule has 1 amide bonds. The molecule has 4 rings (SSSR count). The molecule has 0 saturated heterocycles. The van der Waals surface area contributed by atoms with Gasteiger partial charge >= 0.3 is 0 Å². The van der Waals surface area contributed by atoms with Gasteiger partial charge in [-0.2, -0.15) is 4.99 Å². The summed E-state index contributed by atoms with van der Waals surface area (Å²) in [6, 6.07) is 12.4. The van der Waals surface area contributed by atoms with Crippen molar-refractivity contribution < 1.29 is 13.9 Å². The number of carbonyl (C=O) groups excluding carboxylic acids is 1. The predicted molar refractivity (Wildman–Crippen MR) is 99.7 cm³/mol. The summed E-state index contributed by atoms with van der Waals surface area (Å²) in [6.45, 7) is 0. The first kappa shape index (κ1) is 16.3. The van der Waals surface area contributed by atoms with E-state index in [9.17, 15) is 9.59 Å². The number of para-hydroxylation sites is 2. The monoisotopic (exact) mass is 366 g/mol. The first-order valence-electron chi connectivity index (χ1n) is 7.82. The first-order chi connectivity index (χ1) is 12.6. The number of nitrogens with zero attached hydrogens (tertiary/aromatic N) is 2. The molecule has 6 nitrogen and oxygen atoms in total. The minimum Gasteiger partial charge on any atom is -0.495 e. The number of fused-ring (bicyclic) bond motifs is 2. The number of amides is 1. The van der Waals surface area contributed by atoms with Gasteiger partial charge in [0.15, 0.2) is 4.80 Å². The highest BCUT2D eigenvalue weighted by molar-refractivity contribution is 7.16. The Labute approximate surface area is 151 Å². The van der Waals surface area contributed by atoms with Crippen molar-refractivity contribution >= 4 is 38.4 Å². The van der Waals surface area contributed by atoms with E-state index < -0.39 is 5.91 Å². The van der Waals surface area contributed by atoms with Crippen molar-refractivity contribution in [2.24, 2.45) is 12.0 Å². The lowest BCUT2D eigenvalue weighted by Crippen LogP contribution is -2.18. The lowest BCUT2D eigenvalue weighted by Gasteiger charge is -2.03. The molecule has 2 aromatic carbocycles. The maximum absolute atomic E-state index is 12.6. The molecule has 26 heavy (non-hydrogen) atoms. The minimum absolute atomic E-state index is 0.0897. The quantitative estimate of drug-likeness (QED) is 0.546. The van der Waals surface area contributed by atoms with E-state index in [-0.39, 0.29) is 11.0 Å². The van der Waals surface area contributed by atoms with Crippen LogP contribution in [0.2, 0.25) is 0 Å². The molecule has 0 saturated carbocycles. The van der Waals surface area contributed by atoms with Gasteiger partial charge in [-0.3, -0.25) is 9.59 Å². The van der Waals surface area contributed by atoms with Crippen LogP contribution in [0, 0.1) is 0 Å². The first-order valence-corrected chi connectivity index (χ1v) is 8.64. The van der Waals surface area contributed by atoms with E-state index in [1.165, 1.54) is 17.6 Å². The van der Waals surface area contributed by atoms with Crippen molar-refractivity contribution in [3.63, 3.8) is 0 Å². The van der Waals surface area contributed by atoms with Gasteiger partial charge in [0.05, 0.1) is 17.2 Å². The molecule has 7 heteroatoms. The van der Waals surface area contributed by atoms with Gasteiger partial charge in [0.2, 0.25) is 5.43 Å². The number of hydrogen-bond acceptors (Lipinski definition) is 5. The third-order valence-corrected chi connectivity index (χ3v) is 5.21. The smallest absolute Gasteiger partial charge is 0.286 e. The standard InChI is InChI=1S/C19H14N2O4S/c1-21-16-14(24-2)8-5-9-15(16)26-19(21)20-18(23)12-10-25-13-7-4-3-6-11(13)17(12)22/h3-10H,1-2H3. The van der Waals surface area contributed by atoms with E-state index in [1.807, 2.05) is 18.2 Å². The number of thiazole rings is 1. The van der Waals surface area contributed by atoms with Crippen LogP contribution in [-0.2, 0) is 7.05 Å². The number of ether oxygens (including phenoxy) is 1. The Balaban J connectivity index is 1.88. The van der Waals surface area contributed by atoms with Crippen molar-refractivity contribution in [1.82, 2.24) is 4.57 Å². The fourth-order valence-electron chi connectivity index (χ4n) is 2.81. The molecule has 4 aromatic rings. The van der Waals surface area contributed by atoms with Crippen molar-refractivity contribution in [3.8, 4) is 5.75 Å². The Morgan fingerprint density at radius 1 is 1.19 bits per heavy atom. The highest BCUT2D eigenvalue weighted by Gasteiger charge is 2.15. The summed E-state index contributed by atoms with van der Waals surface area (Å²) in [7, 11) is 3.39. The Morgan fingerprint density at radius 3 is 2.81 bits per heavy atom. The number of hydrogen-bond donors (Lipinski definition) is 0. The Bertz CT molecular complexity index is 1280. The van der Waals surface area contributed by atoms with Gasteiger partial charge in [-0.15, -0.1) is 0 Å². The van der Waals surface area contributed by atoms with E-state index in [2.05, 4.69) is 4.99 Å². The van der Waals surface area contributed by atoms with Crippen LogP contribution in [0.15, 0.2) is 62.9 Å². The lowest BCUT2D eigenvalue weighted by molar-refractivity contribution is 0.0995. The minimum atomic E-state index is -0.634. The van der Waals surface area contributed by atoms with Gasteiger partial charge in [-0.05, 0) is 24.3 Å². The zero-order valence-corrected chi connectivity index (χ0v) is 14.9. The molecule has 0 aliphatic heterocycles. The van der Waals surface area contributed by atoms with E-state index in [1.54, 1.807) is 43.0 Å². The summed E-state index contributed by atoms with van der Waals surface area (Å²) in [4.78, 5) is 29.8. The molecule has 0 spiro atoms. The average Bonchev–Trinajstić information content (AvgIpc) is 2.98. The highest BCUT2D eigenvalue weighted by atomic mass is 32.1. The van der Waals surface area contributed by atoms with Crippen LogP contribution in [0.1, 0.15) is 10.4 Å². The Morgan fingerprint density at radius 2 is 2.00 bits per heavy atom. The summed E-state index contributed by atoms with van der Waals surface area (Å²) in [5.74, 6) is 0.0611. The molecular weight excluding hydrogens is 352 g/mol. The Kier molecular flexibility index (Phi) is 3.93. The molecule has 0 N–H and O–H groups in total. The maximum atomic E-state index is 12.6. The fourth-order valence-corrected chi connectivity index (χ4v) is 3.85. The Hall–Kier alpha value is -3.19. The number of rotatable bonds is 2. The zero-order valence-electron chi connectivity index (χ0n) is 14.1. The van der Waals surface area contributed by atoms with Crippen molar-refractivity contribution in [3.05, 3.63) is 69.3 Å². The lowest BCUT2D eigenvalue weighted by atomic mass is 10.2. The second-order valence-corrected chi connectivity index (χ2v) is 6.65. The SMILES string of the molecule is COc1cccc2sc(=NC(=O)c3coc4ccccc4c3=O)n(C)c12. The van der Waals surface area contributed by atoms with Crippen molar-refractivity contribution in [2.75, 3.05) is 7.11 Å². The second-order valence-electron chi connectivity index (χ2n) is 5.64. The van der Waals surface area contributed by atoms with Crippen LogP contribution < -0.4 is 15.0 Å². The fraction of sp³-hybridized carbons (Fsp3) is 0.105. The van der Waals surface area contributed by atoms with E-state index in [4.69, 9.17) is 9.15 Å². The molecule has 2 heterocycles. The number of methoxy groups -OCH3 is 1. The number of aromatic nitrogens is 1. The average molecular weight is 366 g/mol. The van der Waals surface area contributed by atoms with Gasteiger partial charge in [0.1, 0.15) is 28.7 Å². The van der Waals surface area contributed by atoms with E-state index >= 15 is 0 Å². The van der Waals surface area contributed by atoms with Gasteiger partial charge < -0.3 is 13.7 Å². The summed E-state index contributed by atoms with van der Waals surface area (Å²) < 4.78 is 13.5. The van der Waals surface area contributed by atoms with Crippen LogP contribution in [0.3, 0.4) is 0 Å². The molecule has 0 fully saturated rings. The van der Waals surface area contributed by atoms with Crippen LogP contribution in [-0.4, -0.2) is 17.6 Å². The van der Waals surface area contributed by atoms with Crippen LogP contribution in [0.4, 0.5) is 0 Å². The largest absolute Gasteiger partial charge is 0.495 e. The van der Waals surface area contributed by atoms with Gasteiger partial charge in [0, 0.05) is 7.05 Å². The van der Waals surface area contributed by atoms with Crippen LogP contribution in [0.5, 0.6) is 5.75 Å². The maximum Gasteiger partial charge on any atom is 0.286 e. The van der Waals surface area contributed by atoms with Crippen LogP contribution >= 0.6 is 11.3 Å².